The summed E-state index contributed by atoms with van der Waals surface area (Å²) in [5.74, 6) is 1.07. The molecular weight excluding hydrogens is 256 g/mol. The highest BCUT2D eigenvalue weighted by molar-refractivity contribution is 9.09. The monoisotopic (exact) mass is 268 g/mol. The Balaban J connectivity index is 2.49. The Morgan fingerprint density at radius 3 is 3.00 bits per heavy atom. The number of ether oxygens (including phenoxy) is 1. The summed E-state index contributed by atoms with van der Waals surface area (Å²) in [4.78, 5) is 11.9. The summed E-state index contributed by atoms with van der Waals surface area (Å²) in [5, 5.41) is 0.401. The molecule has 3 heteroatoms. The molecule has 1 heterocycles. The maximum Gasteiger partial charge on any atom is 0.153 e. The van der Waals surface area contributed by atoms with E-state index in [4.69, 9.17) is 4.74 Å². The SMILES string of the molecule is CC1(C(=O)CBr)CCOc2ccccc21. The van der Waals surface area contributed by atoms with Crippen molar-refractivity contribution in [2.45, 2.75) is 18.8 Å². The lowest BCUT2D eigenvalue weighted by Gasteiger charge is -2.33. The highest BCUT2D eigenvalue weighted by atomic mass is 79.9. The number of alkyl halides is 1. The maximum atomic E-state index is 11.9. The minimum absolute atomic E-state index is 0.221. The second kappa shape index (κ2) is 3.97. The Bertz CT molecular complexity index is 389. The number of ketones is 1. The lowest BCUT2D eigenvalue weighted by molar-refractivity contribution is -0.122. The molecule has 1 aromatic rings. The molecule has 1 aliphatic rings. The van der Waals surface area contributed by atoms with Gasteiger partial charge in [-0.2, -0.15) is 0 Å². The summed E-state index contributed by atoms with van der Waals surface area (Å²) in [5.41, 5.74) is 0.624. The van der Waals surface area contributed by atoms with Crippen LogP contribution in [0.2, 0.25) is 0 Å². The first kappa shape index (κ1) is 10.7. The van der Waals surface area contributed by atoms with Gasteiger partial charge in [-0.25, -0.2) is 0 Å². The first-order valence-electron chi connectivity index (χ1n) is 5.00. The second-order valence-corrected chi connectivity index (χ2v) is 4.54. The van der Waals surface area contributed by atoms with Crippen molar-refractivity contribution >= 4 is 21.7 Å². The van der Waals surface area contributed by atoms with Crippen LogP contribution in [0.5, 0.6) is 5.75 Å². The van der Waals surface area contributed by atoms with Crippen LogP contribution < -0.4 is 4.74 Å². The third-order valence-electron chi connectivity index (χ3n) is 3.08. The number of hydrogen-bond donors (Lipinski definition) is 0. The van der Waals surface area contributed by atoms with Gasteiger partial charge in [0.2, 0.25) is 0 Å². The molecule has 0 aliphatic carbocycles. The van der Waals surface area contributed by atoms with Gasteiger partial charge in [0.1, 0.15) is 5.75 Å². The van der Waals surface area contributed by atoms with Crippen molar-refractivity contribution in [3.05, 3.63) is 29.8 Å². The molecule has 0 fully saturated rings. The first-order valence-corrected chi connectivity index (χ1v) is 6.12. The van der Waals surface area contributed by atoms with Crippen LogP contribution >= 0.6 is 15.9 Å². The molecule has 0 aromatic heterocycles. The number of carbonyl (C=O) groups excluding carboxylic acids is 1. The Labute approximate surface area is 97.8 Å². The van der Waals surface area contributed by atoms with Crippen molar-refractivity contribution in [1.82, 2.24) is 0 Å². The minimum Gasteiger partial charge on any atom is -0.493 e. The molecule has 2 nitrogen and oxygen atoms in total. The van der Waals surface area contributed by atoms with E-state index in [0.717, 1.165) is 17.7 Å². The van der Waals surface area contributed by atoms with Gasteiger partial charge in [0.05, 0.1) is 17.4 Å². The van der Waals surface area contributed by atoms with E-state index < -0.39 is 5.41 Å². The number of rotatable bonds is 2. The number of carbonyl (C=O) groups is 1. The highest BCUT2D eigenvalue weighted by Crippen LogP contribution is 2.39. The fourth-order valence-corrected chi connectivity index (χ4v) is 2.60. The Morgan fingerprint density at radius 2 is 2.27 bits per heavy atom. The Hall–Kier alpha value is -0.830. The zero-order valence-corrected chi connectivity index (χ0v) is 10.2. The fourth-order valence-electron chi connectivity index (χ4n) is 1.99. The van der Waals surface area contributed by atoms with Crippen LogP contribution in [0.15, 0.2) is 24.3 Å². The molecule has 1 unspecified atom stereocenters. The molecule has 0 spiro atoms. The number of Topliss-reactive ketones (excluding diaryl/α,β-unsaturated/α-hetero) is 1. The minimum atomic E-state index is -0.391. The van der Waals surface area contributed by atoms with E-state index in [-0.39, 0.29) is 5.78 Å². The smallest absolute Gasteiger partial charge is 0.153 e. The molecule has 1 aliphatic heterocycles. The van der Waals surface area contributed by atoms with Gasteiger partial charge in [0.15, 0.2) is 5.78 Å². The zero-order valence-electron chi connectivity index (χ0n) is 8.63. The third-order valence-corrected chi connectivity index (χ3v) is 3.59. The standard InChI is InChI=1S/C12H13BrO2/c1-12(11(14)8-13)6-7-15-10-5-3-2-4-9(10)12/h2-5H,6-8H2,1H3. The average molecular weight is 269 g/mol. The molecule has 15 heavy (non-hydrogen) atoms. The topological polar surface area (TPSA) is 26.3 Å². The average Bonchev–Trinajstić information content (AvgIpc) is 2.28. The lowest BCUT2D eigenvalue weighted by atomic mass is 9.75. The molecule has 0 saturated heterocycles. The van der Waals surface area contributed by atoms with Crippen molar-refractivity contribution in [3.8, 4) is 5.75 Å². The van der Waals surface area contributed by atoms with Gasteiger partial charge >= 0.3 is 0 Å². The van der Waals surface area contributed by atoms with E-state index >= 15 is 0 Å². The highest BCUT2D eigenvalue weighted by Gasteiger charge is 2.38. The molecule has 0 amide bonds. The van der Waals surface area contributed by atoms with Crippen LogP contribution in [0.25, 0.3) is 0 Å². The third kappa shape index (κ3) is 1.69. The maximum absolute atomic E-state index is 11.9. The van der Waals surface area contributed by atoms with Crippen LogP contribution in [0, 0.1) is 0 Å². The molecule has 1 aromatic carbocycles. The fraction of sp³-hybridized carbons (Fsp3) is 0.417. The summed E-state index contributed by atoms with van der Waals surface area (Å²) in [6, 6.07) is 7.79. The van der Waals surface area contributed by atoms with E-state index in [9.17, 15) is 4.79 Å². The van der Waals surface area contributed by atoms with E-state index in [1.807, 2.05) is 31.2 Å². The van der Waals surface area contributed by atoms with Gasteiger partial charge in [-0.05, 0) is 19.4 Å². The summed E-state index contributed by atoms with van der Waals surface area (Å²) < 4.78 is 5.55. The van der Waals surface area contributed by atoms with Crippen LogP contribution in [-0.2, 0) is 10.2 Å². The molecular formula is C12H13BrO2. The van der Waals surface area contributed by atoms with Crippen LogP contribution in [0.4, 0.5) is 0 Å². The van der Waals surface area contributed by atoms with Crippen molar-refractivity contribution in [2.75, 3.05) is 11.9 Å². The Kier molecular flexibility index (Phi) is 2.83. The molecule has 2 rings (SSSR count). The predicted molar refractivity (Wildman–Crippen MR) is 62.7 cm³/mol. The van der Waals surface area contributed by atoms with Gasteiger partial charge in [0, 0.05) is 5.56 Å². The summed E-state index contributed by atoms with van der Waals surface area (Å²) in [6.45, 7) is 2.62. The van der Waals surface area contributed by atoms with Crippen molar-refractivity contribution in [1.29, 1.82) is 0 Å². The van der Waals surface area contributed by atoms with E-state index in [0.29, 0.717) is 11.9 Å². The molecule has 0 saturated carbocycles. The molecule has 80 valence electrons. The van der Waals surface area contributed by atoms with Crippen molar-refractivity contribution in [2.24, 2.45) is 0 Å². The first-order chi connectivity index (χ1) is 7.18. The van der Waals surface area contributed by atoms with Crippen molar-refractivity contribution < 1.29 is 9.53 Å². The number of hydrogen-bond acceptors (Lipinski definition) is 2. The molecule has 0 N–H and O–H groups in total. The summed E-state index contributed by atoms with van der Waals surface area (Å²) in [7, 11) is 0. The zero-order chi connectivity index (χ0) is 10.9. The number of fused-ring (bicyclic) bond motifs is 1. The van der Waals surface area contributed by atoms with Gasteiger partial charge in [0.25, 0.3) is 0 Å². The summed E-state index contributed by atoms with van der Waals surface area (Å²) in [6.07, 6.45) is 0.758. The largest absolute Gasteiger partial charge is 0.493 e. The number of benzene rings is 1. The van der Waals surface area contributed by atoms with E-state index in [2.05, 4.69) is 15.9 Å². The van der Waals surface area contributed by atoms with E-state index in [1.54, 1.807) is 0 Å². The lowest BCUT2D eigenvalue weighted by Crippen LogP contribution is -2.38. The number of halogens is 1. The van der Waals surface area contributed by atoms with Crippen LogP contribution in [-0.4, -0.2) is 17.7 Å². The van der Waals surface area contributed by atoms with Crippen LogP contribution in [0.3, 0.4) is 0 Å². The summed E-state index contributed by atoms with van der Waals surface area (Å²) >= 11 is 3.25. The second-order valence-electron chi connectivity index (χ2n) is 3.98. The normalized spacial score (nSPS) is 24.1. The van der Waals surface area contributed by atoms with Crippen molar-refractivity contribution in [3.63, 3.8) is 0 Å². The van der Waals surface area contributed by atoms with Gasteiger partial charge in [-0.3, -0.25) is 4.79 Å². The van der Waals surface area contributed by atoms with E-state index in [1.165, 1.54) is 0 Å². The molecule has 0 radical (unpaired) electrons. The van der Waals surface area contributed by atoms with Gasteiger partial charge in [-0.15, -0.1) is 0 Å². The number of para-hydroxylation sites is 1. The van der Waals surface area contributed by atoms with Crippen LogP contribution in [0.1, 0.15) is 18.9 Å². The predicted octanol–water partition coefficient (Wildman–Crippen LogP) is 2.69. The van der Waals surface area contributed by atoms with Gasteiger partial charge < -0.3 is 4.74 Å². The molecule has 0 bridgehead atoms. The molecule has 1 atom stereocenters. The quantitative estimate of drug-likeness (QED) is 0.771. The van der Waals surface area contributed by atoms with Gasteiger partial charge in [-0.1, -0.05) is 34.1 Å². The Morgan fingerprint density at radius 1 is 1.53 bits per heavy atom.